The minimum absolute atomic E-state index is 0.0596. The Bertz CT molecular complexity index is 531. The van der Waals surface area contributed by atoms with Gasteiger partial charge in [-0.25, -0.2) is 13.4 Å². The van der Waals surface area contributed by atoms with Crippen molar-refractivity contribution in [2.45, 2.75) is 38.1 Å². The summed E-state index contributed by atoms with van der Waals surface area (Å²) in [6.07, 6.45) is 1.98. The summed E-state index contributed by atoms with van der Waals surface area (Å²) in [4.78, 5) is 3.93. The van der Waals surface area contributed by atoms with Gasteiger partial charge in [0, 0.05) is 18.8 Å². The number of sulfonamides is 1. The van der Waals surface area contributed by atoms with Gasteiger partial charge in [0.05, 0.1) is 0 Å². The van der Waals surface area contributed by atoms with Gasteiger partial charge in [-0.15, -0.1) is 0 Å². The molecule has 5 nitrogen and oxygen atoms in total. The Morgan fingerprint density at radius 3 is 2.50 bits per heavy atom. The van der Waals surface area contributed by atoms with Crippen molar-refractivity contribution < 1.29 is 8.42 Å². The van der Waals surface area contributed by atoms with Crippen molar-refractivity contribution in [3.05, 3.63) is 24.0 Å². The van der Waals surface area contributed by atoms with Crippen LogP contribution < -0.4 is 0 Å². The zero-order chi connectivity index (χ0) is 13.8. The highest BCUT2D eigenvalue weighted by molar-refractivity contribution is 7.89. The second-order valence-electron chi connectivity index (χ2n) is 3.96. The largest absolute Gasteiger partial charge is 0.244 e. The van der Waals surface area contributed by atoms with E-state index in [4.69, 9.17) is 5.26 Å². The van der Waals surface area contributed by atoms with Gasteiger partial charge in [-0.3, -0.25) is 0 Å². The van der Waals surface area contributed by atoms with Gasteiger partial charge in [0.15, 0.2) is 0 Å². The summed E-state index contributed by atoms with van der Waals surface area (Å²) < 4.78 is 26.2. The molecule has 1 unspecified atom stereocenters. The van der Waals surface area contributed by atoms with Gasteiger partial charge in [-0.2, -0.15) is 9.57 Å². The number of nitrogens with zero attached hydrogens (tertiary/aromatic N) is 3. The summed E-state index contributed by atoms with van der Waals surface area (Å²) in [5, 5.41) is 8.64. The maximum absolute atomic E-state index is 12.4. The normalized spacial score (nSPS) is 13.3. The molecule has 0 spiro atoms. The van der Waals surface area contributed by atoms with Crippen molar-refractivity contribution in [2.75, 3.05) is 6.54 Å². The van der Waals surface area contributed by atoms with Crippen LogP contribution in [-0.4, -0.2) is 30.3 Å². The van der Waals surface area contributed by atoms with E-state index in [2.05, 4.69) is 4.98 Å². The molecule has 0 fully saturated rings. The first kappa shape index (κ1) is 14.6. The summed E-state index contributed by atoms with van der Waals surface area (Å²) in [7, 11) is -3.53. The summed E-state index contributed by atoms with van der Waals surface area (Å²) in [5.41, 5.74) is 0.209. The van der Waals surface area contributed by atoms with Gasteiger partial charge < -0.3 is 0 Å². The van der Waals surface area contributed by atoms with Crippen LogP contribution in [0.1, 0.15) is 32.9 Å². The van der Waals surface area contributed by atoms with Crippen molar-refractivity contribution in [3.8, 4) is 6.07 Å². The second-order valence-corrected chi connectivity index (χ2v) is 5.85. The minimum atomic E-state index is -3.53. The van der Waals surface area contributed by atoms with E-state index >= 15 is 0 Å². The predicted octanol–water partition coefficient (Wildman–Crippen LogP) is 1.76. The van der Waals surface area contributed by atoms with Crippen molar-refractivity contribution in [3.63, 3.8) is 0 Å². The third-order valence-electron chi connectivity index (χ3n) is 2.85. The Balaban J connectivity index is 3.15. The number of hydrogen-bond acceptors (Lipinski definition) is 4. The van der Waals surface area contributed by atoms with E-state index in [1.165, 1.54) is 22.6 Å². The smallest absolute Gasteiger partial charge is 0.244 e. The Hall–Kier alpha value is -1.45. The molecule has 0 N–H and O–H groups in total. The third-order valence-corrected chi connectivity index (χ3v) is 4.92. The highest BCUT2D eigenvalue weighted by Crippen LogP contribution is 2.18. The van der Waals surface area contributed by atoms with Crippen LogP contribution in [0.15, 0.2) is 23.2 Å². The fourth-order valence-corrected chi connectivity index (χ4v) is 3.32. The molecule has 18 heavy (non-hydrogen) atoms. The van der Waals surface area contributed by atoms with E-state index in [1.807, 2.05) is 19.9 Å². The number of aromatic nitrogens is 1. The van der Waals surface area contributed by atoms with Crippen LogP contribution in [0.3, 0.4) is 0 Å². The van der Waals surface area contributed by atoms with Crippen molar-refractivity contribution in [2.24, 2.45) is 0 Å². The minimum Gasteiger partial charge on any atom is -0.244 e. The molecule has 1 rings (SSSR count). The number of hydrogen-bond donors (Lipinski definition) is 0. The Morgan fingerprint density at radius 2 is 2.11 bits per heavy atom. The standard InChI is InChI=1S/C12H17N3O2S/c1-4-10(3)15(5-2)18(16,17)12-7-6-11(8-13)14-9-12/h6-7,9-10H,4-5H2,1-3H3. The van der Waals surface area contributed by atoms with Crippen molar-refractivity contribution in [1.29, 1.82) is 5.26 Å². The van der Waals surface area contributed by atoms with E-state index in [0.29, 0.717) is 6.54 Å². The molecule has 1 atom stereocenters. The lowest BCUT2D eigenvalue weighted by Gasteiger charge is -2.26. The fraction of sp³-hybridized carbons (Fsp3) is 0.500. The van der Waals surface area contributed by atoms with Crippen LogP contribution in [0.4, 0.5) is 0 Å². The highest BCUT2D eigenvalue weighted by atomic mass is 32.2. The first-order chi connectivity index (χ1) is 8.47. The molecule has 0 aliphatic heterocycles. The van der Waals surface area contributed by atoms with E-state index in [-0.39, 0.29) is 16.6 Å². The number of pyridine rings is 1. The molecule has 0 radical (unpaired) electrons. The molecule has 1 aromatic heterocycles. The fourth-order valence-electron chi connectivity index (χ4n) is 1.66. The summed E-state index contributed by atoms with van der Waals surface area (Å²) in [6, 6.07) is 4.64. The average molecular weight is 267 g/mol. The lowest BCUT2D eigenvalue weighted by molar-refractivity contribution is 0.342. The monoisotopic (exact) mass is 267 g/mol. The molecule has 6 heteroatoms. The van der Waals surface area contributed by atoms with E-state index in [9.17, 15) is 8.42 Å². The van der Waals surface area contributed by atoms with Crippen LogP contribution in [0, 0.1) is 11.3 Å². The highest BCUT2D eigenvalue weighted by Gasteiger charge is 2.26. The Labute approximate surface area is 108 Å². The van der Waals surface area contributed by atoms with E-state index < -0.39 is 10.0 Å². The maximum Gasteiger partial charge on any atom is 0.244 e. The summed E-state index contributed by atoms with van der Waals surface area (Å²) >= 11 is 0. The molecular formula is C12H17N3O2S. The van der Waals surface area contributed by atoms with Crippen LogP contribution >= 0.6 is 0 Å². The van der Waals surface area contributed by atoms with E-state index in [1.54, 1.807) is 6.92 Å². The quantitative estimate of drug-likeness (QED) is 0.814. The lowest BCUT2D eigenvalue weighted by atomic mass is 10.3. The molecule has 1 aromatic rings. The molecule has 98 valence electrons. The molecule has 0 saturated heterocycles. The molecule has 0 amide bonds. The summed E-state index contributed by atoms with van der Waals surface area (Å²) in [6.45, 7) is 6.04. The molecule has 0 aliphatic rings. The van der Waals surface area contributed by atoms with Crippen molar-refractivity contribution >= 4 is 10.0 Å². The first-order valence-corrected chi connectivity index (χ1v) is 7.29. The van der Waals surface area contributed by atoms with Gasteiger partial charge >= 0.3 is 0 Å². The summed E-state index contributed by atoms with van der Waals surface area (Å²) in [5.74, 6) is 0. The number of nitriles is 1. The average Bonchev–Trinajstić information content (AvgIpc) is 2.39. The van der Waals surface area contributed by atoms with Crippen LogP contribution in [-0.2, 0) is 10.0 Å². The van der Waals surface area contributed by atoms with Gasteiger partial charge in [0.1, 0.15) is 16.7 Å². The van der Waals surface area contributed by atoms with Gasteiger partial charge in [-0.1, -0.05) is 13.8 Å². The van der Waals surface area contributed by atoms with Crippen LogP contribution in [0.5, 0.6) is 0 Å². The third kappa shape index (κ3) is 2.86. The SMILES string of the molecule is CCC(C)N(CC)S(=O)(=O)c1ccc(C#N)nc1. The maximum atomic E-state index is 12.4. The van der Waals surface area contributed by atoms with Gasteiger partial charge in [0.2, 0.25) is 10.0 Å². The first-order valence-electron chi connectivity index (χ1n) is 5.85. The molecule has 0 bridgehead atoms. The zero-order valence-electron chi connectivity index (χ0n) is 10.8. The van der Waals surface area contributed by atoms with Crippen molar-refractivity contribution in [1.82, 2.24) is 9.29 Å². The molecule has 0 saturated carbocycles. The van der Waals surface area contributed by atoms with Crippen LogP contribution in [0.2, 0.25) is 0 Å². The van der Waals surface area contributed by atoms with Gasteiger partial charge in [-0.05, 0) is 25.5 Å². The number of rotatable bonds is 5. The molecule has 0 aromatic carbocycles. The Kier molecular flexibility index (Phi) is 4.82. The van der Waals surface area contributed by atoms with Crippen LogP contribution in [0.25, 0.3) is 0 Å². The predicted molar refractivity (Wildman–Crippen MR) is 68.3 cm³/mol. The topological polar surface area (TPSA) is 74.1 Å². The molecule has 0 aliphatic carbocycles. The second kappa shape index (κ2) is 5.94. The zero-order valence-corrected chi connectivity index (χ0v) is 11.6. The Morgan fingerprint density at radius 1 is 1.44 bits per heavy atom. The molecule has 1 heterocycles. The van der Waals surface area contributed by atoms with E-state index in [0.717, 1.165) is 6.42 Å². The molecular weight excluding hydrogens is 250 g/mol. The lowest BCUT2D eigenvalue weighted by Crippen LogP contribution is -2.38. The van der Waals surface area contributed by atoms with Gasteiger partial charge in [0.25, 0.3) is 0 Å².